The lowest BCUT2D eigenvalue weighted by Gasteiger charge is -2.24. The van der Waals surface area contributed by atoms with Crippen molar-refractivity contribution in [1.29, 1.82) is 0 Å². The Morgan fingerprint density at radius 3 is 2.68 bits per heavy atom. The molecule has 0 spiro atoms. The van der Waals surface area contributed by atoms with Crippen molar-refractivity contribution in [2.45, 2.75) is 44.3 Å². The number of hydrogen-bond donors (Lipinski definition) is 1. The quantitative estimate of drug-likeness (QED) is 0.857. The largest absolute Gasteiger partial charge is 0.489 e. The van der Waals surface area contributed by atoms with Gasteiger partial charge >= 0.3 is 6.03 Å². The minimum atomic E-state index is -0.152. The molecule has 1 N–H and O–H groups in total. The molecule has 2 fully saturated rings. The molecule has 6 heteroatoms. The Morgan fingerprint density at radius 1 is 1.16 bits per heavy atom. The second-order valence-corrected chi connectivity index (χ2v) is 6.74. The van der Waals surface area contributed by atoms with Crippen LogP contribution < -0.4 is 10.1 Å². The van der Waals surface area contributed by atoms with E-state index in [-0.39, 0.29) is 18.2 Å². The summed E-state index contributed by atoms with van der Waals surface area (Å²) in [7, 11) is 1.79. The van der Waals surface area contributed by atoms with E-state index in [1.54, 1.807) is 11.9 Å². The van der Waals surface area contributed by atoms with Crippen LogP contribution >= 0.6 is 0 Å². The van der Waals surface area contributed by atoms with Crippen molar-refractivity contribution >= 4 is 11.7 Å². The van der Waals surface area contributed by atoms with E-state index in [9.17, 15) is 4.79 Å². The maximum Gasteiger partial charge on any atom is 0.321 e. The number of nitrogens with zero attached hydrogens (tertiary/aromatic N) is 1. The van der Waals surface area contributed by atoms with Crippen LogP contribution in [0.25, 0.3) is 0 Å². The van der Waals surface area contributed by atoms with E-state index in [0.717, 1.165) is 38.9 Å². The van der Waals surface area contributed by atoms with Crippen molar-refractivity contribution in [2.24, 2.45) is 0 Å². The fourth-order valence-corrected chi connectivity index (χ4v) is 3.20. The van der Waals surface area contributed by atoms with E-state index in [4.69, 9.17) is 14.2 Å². The molecular weight excluding hydrogens is 320 g/mol. The zero-order valence-electron chi connectivity index (χ0n) is 14.9. The molecule has 138 valence electrons. The lowest BCUT2D eigenvalue weighted by atomic mass is 10.1. The normalized spacial score (nSPS) is 23.2. The van der Waals surface area contributed by atoms with Gasteiger partial charge in [-0.3, -0.25) is 0 Å². The van der Waals surface area contributed by atoms with Crippen LogP contribution in [0, 0.1) is 0 Å². The zero-order valence-corrected chi connectivity index (χ0v) is 14.9. The smallest absolute Gasteiger partial charge is 0.321 e. The van der Waals surface area contributed by atoms with Crippen LogP contribution in [-0.4, -0.2) is 56.6 Å². The molecular formula is C19H28N2O4. The van der Waals surface area contributed by atoms with Crippen molar-refractivity contribution in [1.82, 2.24) is 4.90 Å². The van der Waals surface area contributed by atoms with Gasteiger partial charge in [0.1, 0.15) is 12.4 Å². The van der Waals surface area contributed by atoms with Gasteiger partial charge in [0, 0.05) is 26.8 Å². The molecule has 0 unspecified atom stereocenters. The number of carbonyl (C=O) groups is 1. The zero-order chi connectivity index (χ0) is 17.5. The van der Waals surface area contributed by atoms with Gasteiger partial charge in [-0.05, 0) is 44.2 Å². The number of benzene rings is 1. The lowest BCUT2D eigenvalue weighted by Crippen LogP contribution is -2.37. The molecule has 1 aromatic carbocycles. The van der Waals surface area contributed by atoms with Crippen molar-refractivity contribution in [3.05, 3.63) is 24.3 Å². The van der Waals surface area contributed by atoms with Gasteiger partial charge in [0.2, 0.25) is 0 Å². The Hall–Kier alpha value is -1.79. The number of ether oxygens (including phenoxy) is 3. The van der Waals surface area contributed by atoms with Crippen LogP contribution in [0.1, 0.15) is 32.1 Å². The van der Waals surface area contributed by atoms with Crippen LogP contribution in [-0.2, 0) is 9.47 Å². The van der Waals surface area contributed by atoms with Gasteiger partial charge in [0.05, 0.1) is 17.9 Å². The summed E-state index contributed by atoms with van der Waals surface area (Å²) in [6, 6.07) is 7.37. The summed E-state index contributed by atoms with van der Waals surface area (Å²) in [6.07, 6.45) is 5.70. The predicted molar refractivity (Wildman–Crippen MR) is 96.2 cm³/mol. The number of anilines is 1. The lowest BCUT2D eigenvalue weighted by molar-refractivity contribution is -0.0109. The molecule has 25 heavy (non-hydrogen) atoms. The summed E-state index contributed by atoms with van der Waals surface area (Å²) in [4.78, 5) is 14.1. The summed E-state index contributed by atoms with van der Waals surface area (Å²) in [5.41, 5.74) is 0.683. The van der Waals surface area contributed by atoms with Crippen LogP contribution in [0.5, 0.6) is 5.75 Å². The fraction of sp³-hybridized carbons (Fsp3) is 0.632. The molecule has 2 aliphatic heterocycles. The van der Waals surface area contributed by atoms with E-state index in [2.05, 4.69) is 5.32 Å². The molecule has 2 heterocycles. The van der Waals surface area contributed by atoms with Crippen LogP contribution in [0.4, 0.5) is 10.5 Å². The number of hydrogen-bond acceptors (Lipinski definition) is 4. The fourth-order valence-electron chi connectivity index (χ4n) is 3.20. The molecule has 6 nitrogen and oxygen atoms in total. The van der Waals surface area contributed by atoms with Gasteiger partial charge in [-0.1, -0.05) is 12.1 Å². The Labute approximate surface area is 149 Å². The number of amides is 2. The molecule has 2 saturated heterocycles. The van der Waals surface area contributed by atoms with Gasteiger partial charge in [0.15, 0.2) is 0 Å². The minimum Gasteiger partial charge on any atom is -0.489 e. The Morgan fingerprint density at radius 2 is 1.92 bits per heavy atom. The van der Waals surface area contributed by atoms with Crippen molar-refractivity contribution < 1.29 is 19.0 Å². The highest BCUT2D eigenvalue weighted by Gasteiger charge is 2.21. The average molecular weight is 348 g/mol. The standard InChI is InChI=1S/C19H28N2O4/c1-21(13-15-8-6-12-23-15)19(22)20-17-9-2-3-10-18(17)25-14-16-7-4-5-11-24-16/h2-3,9-10,15-16H,4-8,11-14H2,1H3,(H,20,22)/t15-,16+/m0/s1. The third kappa shape index (κ3) is 5.34. The third-order valence-electron chi connectivity index (χ3n) is 4.68. The van der Waals surface area contributed by atoms with E-state index in [1.807, 2.05) is 24.3 Å². The molecule has 2 atom stereocenters. The van der Waals surface area contributed by atoms with E-state index in [1.165, 1.54) is 6.42 Å². The van der Waals surface area contributed by atoms with Gasteiger partial charge in [-0.25, -0.2) is 4.79 Å². The summed E-state index contributed by atoms with van der Waals surface area (Å²) in [6.45, 7) is 2.71. The number of rotatable bonds is 6. The van der Waals surface area contributed by atoms with Crippen LogP contribution in [0.3, 0.4) is 0 Å². The van der Waals surface area contributed by atoms with Gasteiger partial charge in [-0.2, -0.15) is 0 Å². The predicted octanol–water partition coefficient (Wildman–Crippen LogP) is 3.28. The van der Waals surface area contributed by atoms with Gasteiger partial charge in [0.25, 0.3) is 0 Å². The number of urea groups is 1. The second-order valence-electron chi connectivity index (χ2n) is 6.74. The summed E-state index contributed by atoms with van der Waals surface area (Å²) in [5, 5.41) is 2.94. The van der Waals surface area contributed by atoms with E-state index >= 15 is 0 Å². The molecule has 1 aromatic rings. The Bertz CT molecular complexity index is 554. The highest BCUT2D eigenvalue weighted by atomic mass is 16.5. The van der Waals surface area contributed by atoms with E-state index in [0.29, 0.717) is 24.6 Å². The van der Waals surface area contributed by atoms with Crippen LogP contribution in [0.2, 0.25) is 0 Å². The van der Waals surface area contributed by atoms with Crippen molar-refractivity contribution in [3.63, 3.8) is 0 Å². The molecule has 2 amide bonds. The topological polar surface area (TPSA) is 60.0 Å². The molecule has 0 bridgehead atoms. The molecule has 0 aliphatic carbocycles. The first kappa shape index (κ1) is 18.0. The number of nitrogens with one attached hydrogen (secondary N) is 1. The summed E-state index contributed by atoms with van der Waals surface area (Å²) < 4.78 is 17.2. The highest BCUT2D eigenvalue weighted by Crippen LogP contribution is 2.25. The Kier molecular flexibility index (Phi) is 6.53. The maximum absolute atomic E-state index is 12.4. The highest BCUT2D eigenvalue weighted by molar-refractivity contribution is 5.90. The molecule has 0 aromatic heterocycles. The molecule has 0 radical (unpaired) electrons. The molecule has 0 saturated carbocycles. The first-order valence-electron chi connectivity index (χ1n) is 9.19. The van der Waals surface area contributed by atoms with Crippen molar-refractivity contribution in [2.75, 3.05) is 38.7 Å². The average Bonchev–Trinajstić information content (AvgIpc) is 3.15. The van der Waals surface area contributed by atoms with E-state index < -0.39 is 0 Å². The van der Waals surface area contributed by atoms with Gasteiger partial charge in [-0.15, -0.1) is 0 Å². The molecule has 2 aliphatic rings. The first-order chi connectivity index (χ1) is 12.2. The first-order valence-corrected chi connectivity index (χ1v) is 9.19. The Balaban J connectivity index is 1.53. The number of para-hydroxylation sites is 2. The van der Waals surface area contributed by atoms with Crippen molar-refractivity contribution in [3.8, 4) is 5.75 Å². The number of carbonyl (C=O) groups excluding carboxylic acids is 1. The molecule has 3 rings (SSSR count). The second kappa shape index (κ2) is 9.06. The summed E-state index contributed by atoms with van der Waals surface area (Å²) in [5.74, 6) is 0.676. The van der Waals surface area contributed by atoms with Gasteiger partial charge < -0.3 is 24.4 Å². The van der Waals surface area contributed by atoms with Crippen LogP contribution in [0.15, 0.2) is 24.3 Å². The SMILES string of the molecule is CN(C[C@@H]1CCCO1)C(=O)Nc1ccccc1OC[C@H]1CCCCO1. The number of likely N-dealkylation sites (N-methyl/N-ethyl adjacent to an activating group) is 1. The maximum atomic E-state index is 12.4. The summed E-state index contributed by atoms with van der Waals surface area (Å²) >= 11 is 0. The third-order valence-corrected chi connectivity index (χ3v) is 4.68. The monoisotopic (exact) mass is 348 g/mol. The minimum absolute atomic E-state index is 0.139.